The fourth-order valence-electron chi connectivity index (χ4n) is 1.99. The van der Waals surface area contributed by atoms with E-state index in [2.05, 4.69) is 25.5 Å². The molecule has 0 unspecified atom stereocenters. The van der Waals surface area contributed by atoms with Crippen molar-refractivity contribution in [2.75, 3.05) is 37.3 Å². The number of nitrogens with zero attached hydrogens (tertiary/aromatic N) is 3. The highest BCUT2D eigenvalue weighted by atomic mass is 19.4. The minimum Gasteiger partial charge on any atom is -0.370 e. The van der Waals surface area contributed by atoms with Crippen molar-refractivity contribution in [1.29, 1.82) is 0 Å². The van der Waals surface area contributed by atoms with Crippen molar-refractivity contribution in [2.24, 2.45) is 0 Å². The first-order valence-electron chi connectivity index (χ1n) is 7.04. The summed E-state index contributed by atoms with van der Waals surface area (Å²) >= 11 is 0. The minimum atomic E-state index is -4.55. The lowest BCUT2D eigenvalue weighted by Gasteiger charge is -2.17. The van der Waals surface area contributed by atoms with Crippen LogP contribution in [-0.4, -0.2) is 47.6 Å². The summed E-state index contributed by atoms with van der Waals surface area (Å²) in [6, 6.07) is 2.12. The fraction of sp³-hybridized carbons (Fsp3) is 0.692. The highest BCUT2D eigenvalue weighted by molar-refractivity contribution is 5.47. The average molecular weight is 303 g/mol. The predicted molar refractivity (Wildman–Crippen MR) is 75.3 cm³/mol. The normalized spacial score (nSPS) is 15.3. The molecule has 0 saturated heterocycles. The largest absolute Gasteiger partial charge is 0.451 e. The molecule has 8 heteroatoms. The van der Waals surface area contributed by atoms with E-state index in [1.54, 1.807) is 6.92 Å². The summed E-state index contributed by atoms with van der Waals surface area (Å²) < 4.78 is 38.3. The number of halogens is 3. The van der Waals surface area contributed by atoms with Crippen LogP contribution in [-0.2, 0) is 6.18 Å². The molecule has 1 aromatic rings. The van der Waals surface area contributed by atoms with E-state index in [9.17, 15) is 13.2 Å². The lowest BCUT2D eigenvalue weighted by Crippen LogP contribution is -2.27. The third kappa shape index (κ3) is 4.73. The maximum atomic E-state index is 12.8. The van der Waals surface area contributed by atoms with E-state index in [-0.39, 0.29) is 11.6 Å². The number of alkyl halides is 3. The summed E-state index contributed by atoms with van der Waals surface area (Å²) in [6.07, 6.45) is -2.15. The Bertz CT molecular complexity index is 473. The van der Waals surface area contributed by atoms with Crippen LogP contribution in [0.1, 0.15) is 25.6 Å². The zero-order valence-corrected chi connectivity index (χ0v) is 12.2. The van der Waals surface area contributed by atoms with Gasteiger partial charge in [0, 0.05) is 31.7 Å². The Kier molecular flexibility index (Phi) is 4.87. The molecule has 0 bridgehead atoms. The molecule has 1 aromatic heterocycles. The summed E-state index contributed by atoms with van der Waals surface area (Å²) in [5, 5.41) is 5.72. The number of likely N-dealkylation sites (N-methyl/N-ethyl adjacent to an activating group) is 1. The number of rotatable bonds is 7. The first-order chi connectivity index (χ1) is 9.90. The minimum absolute atomic E-state index is 0.179. The van der Waals surface area contributed by atoms with Crippen LogP contribution in [0.4, 0.5) is 24.8 Å². The number of hydrogen-bond acceptors (Lipinski definition) is 5. The Labute approximate surface area is 122 Å². The molecule has 1 aliphatic rings. The predicted octanol–water partition coefficient (Wildman–Crippen LogP) is 2.43. The Morgan fingerprint density at radius 3 is 2.38 bits per heavy atom. The SMILES string of the molecule is CCNc1cc(NCCN(C)C2CC2)nc(C(F)(F)F)n1. The molecule has 0 aliphatic heterocycles. The molecule has 0 aromatic carbocycles. The van der Waals surface area contributed by atoms with Gasteiger partial charge in [-0.25, -0.2) is 9.97 Å². The van der Waals surface area contributed by atoms with Gasteiger partial charge in [-0.3, -0.25) is 0 Å². The van der Waals surface area contributed by atoms with Crippen LogP contribution in [0.3, 0.4) is 0 Å². The lowest BCUT2D eigenvalue weighted by molar-refractivity contribution is -0.144. The average Bonchev–Trinajstić information content (AvgIpc) is 3.22. The Morgan fingerprint density at radius 2 is 1.86 bits per heavy atom. The fourth-order valence-corrected chi connectivity index (χ4v) is 1.99. The van der Waals surface area contributed by atoms with Crippen molar-refractivity contribution in [1.82, 2.24) is 14.9 Å². The van der Waals surface area contributed by atoms with E-state index in [1.165, 1.54) is 18.9 Å². The molecule has 5 nitrogen and oxygen atoms in total. The first-order valence-corrected chi connectivity index (χ1v) is 7.04. The molecule has 0 atom stereocenters. The van der Waals surface area contributed by atoms with E-state index >= 15 is 0 Å². The van der Waals surface area contributed by atoms with Gasteiger partial charge in [0.2, 0.25) is 5.82 Å². The van der Waals surface area contributed by atoms with E-state index < -0.39 is 12.0 Å². The second kappa shape index (κ2) is 6.46. The van der Waals surface area contributed by atoms with Gasteiger partial charge in [0.05, 0.1) is 0 Å². The number of anilines is 2. The molecule has 0 radical (unpaired) electrons. The maximum Gasteiger partial charge on any atom is 0.451 e. The van der Waals surface area contributed by atoms with Gasteiger partial charge in [0.15, 0.2) is 0 Å². The molecule has 0 spiro atoms. The highest BCUT2D eigenvalue weighted by Crippen LogP contribution is 2.28. The van der Waals surface area contributed by atoms with E-state index in [0.717, 1.165) is 6.54 Å². The summed E-state index contributed by atoms with van der Waals surface area (Å²) in [4.78, 5) is 9.22. The van der Waals surface area contributed by atoms with Crippen molar-refractivity contribution >= 4 is 11.6 Å². The van der Waals surface area contributed by atoms with Crippen LogP contribution >= 0.6 is 0 Å². The Hall–Kier alpha value is -1.57. The Morgan fingerprint density at radius 1 is 1.24 bits per heavy atom. The Balaban J connectivity index is 2.00. The lowest BCUT2D eigenvalue weighted by atomic mass is 10.4. The first kappa shape index (κ1) is 15.8. The summed E-state index contributed by atoms with van der Waals surface area (Å²) in [6.45, 7) is 3.62. The second-order valence-corrected chi connectivity index (χ2v) is 5.13. The van der Waals surface area contributed by atoms with Crippen molar-refractivity contribution in [3.05, 3.63) is 11.9 Å². The van der Waals surface area contributed by atoms with Crippen LogP contribution in [0.25, 0.3) is 0 Å². The molecular formula is C13H20F3N5. The van der Waals surface area contributed by atoms with E-state index in [1.807, 2.05) is 7.05 Å². The molecule has 0 amide bonds. The van der Waals surface area contributed by atoms with Gasteiger partial charge in [0.25, 0.3) is 0 Å². The van der Waals surface area contributed by atoms with Crippen molar-refractivity contribution in [3.8, 4) is 0 Å². The summed E-state index contributed by atoms with van der Waals surface area (Å²) in [7, 11) is 2.02. The smallest absolute Gasteiger partial charge is 0.370 e. The molecule has 1 heterocycles. The third-order valence-corrected chi connectivity index (χ3v) is 3.28. The summed E-state index contributed by atoms with van der Waals surface area (Å²) in [5.41, 5.74) is 0. The van der Waals surface area contributed by atoms with Gasteiger partial charge < -0.3 is 15.5 Å². The monoisotopic (exact) mass is 303 g/mol. The molecule has 1 saturated carbocycles. The highest BCUT2D eigenvalue weighted by Gasteiger charge is 2.35. The zero-order valence-electron chi connectivity index (χ0n) is 12.2. The van der Waals surface area contributed by atoms with Crippen molar-refractivity contribution < 1.29 is 13.2 Å². The van der Waals surface area contributed by atoms with Crippen LogP contribution in [0, 0.1) is 0 Å². The molecule has 2 rings (SSSR count). The van der Waals surface area contributed by atoms with Crippen molar-refractivity contribution in [2.45, 2.75) is 32.0 Å². The maximum absolute atomic E-state index is 12.8. The molecule has 1 aliphatic carbocycles. The van der Waals surface area contributed by atoms with Crippen LogP contribution in [0.15, 0.2) is 6.07 Å². The van der Waals surface area contributed by atoms with Crippen LogP contribution in [0.2, 0.25) is 0 Å². The molecule has 118 valence electrons. The number of aromatic nitrogens is 2. The quantitative estimate of drug-likeness (QED) is 0.810. The standard InChI is InChI=1S/C13H20F3N5/c1-3-17-10-8-11(20-12(19-10)13(14,15)16)18-6-7-21(2)9-4-5-9/h8-9H,3-7H2,1-2H3,(H2,17,18,19,20). The van der Waals surface area contributed by atoms with E-state index in [4.69, 9.17) is 0 Å². The second-order valence-electron chi connectivity index (χ2n) is 5.13. The van der Waals surface area contributed by atoms with Gasteiger partial charge in [-0.2, -0.15) is 13.2 Å². The van der Waals surface area contributed by atoms with Gasteiger partial charge in [0.1, 0.15) is 11.6 Å². The zero-order chi connectivity index (χ0) is 15.5. The van der Waals surface area contributed by atoms with Gasteiger partial charge >= 0.3 is 6.18 Å². The van der Waals surface area contributed by atoms with Crippen LogP contribution < -0.4 is 10.6 Å². The number of hydrogen-bond donors (Lipinski definition) is 2. The molecular weight excluding hydrogens is 283 g/mol. The molecule has 1 fully saturated rings. The van der Waals surface area contributed by atoms with Crippen molar-refractivity contribution in [3.63, 3.8) is 0 Å². The van der Waals surface area contributed by atoms with E-state index in [0.29, 0.717) is 19.1 Å². The van der Waals surface area contributed by atoms with Crippen LogP contribution in [0.5, 0.6) is 0 Å². The third-order valence-electron chi connectivity index (χ3n) is 3.28. The van der Waals surface area contributed by atoms with Gasteiger partial charge in [-0.05, 0) is 26.8 Å². The molecule has 21 heavy (non-hydrogen) atoms. The topological polar surface area (TPSA) is 53.1 Å². The van der Waals surface area contributed by atoms with Gasteiger partial charge in [-0.15, -0.1) is 0 Å². The van der Waals surface area contributed by atoms with Gasteiger partial charge in [-0.1, -0.05) is 0 Å². The molecule has 2 N–H and O–H groups in total. The summed E-state index contributed by atoms with van der Waals surface area (Å²) in [5.74, 6) is -0.755. The number of nitrogens with one attached hydrogen (secondary N) is 2.